The first-order valence-corrected chi connectivity index (χ1v) is 4.49. The van der Waals surface area contributed by atoms with Gasteiger partial charge in [0.2, 0.25) is 0 Å². The predicted molar refractivity (Wildman–Crippen MR) is 54.1 cm³/mol. The monoisotopic (exact) mass is 180 g/mol. The minimum absolute atomic E-state index is 0.0145. The van der Waals surface area contributed by atoms with Crippen LogP contribution in [0.1, 0.15) is 10.4 Å². The van der Waals surface area contributed by atoms with Crippen molar-refractivity contribution in [2.45, 2.75) is 6.82 Å². The molecule has 0 bridgehead atoms. The molecule has 0 aliphatic heterocycles. The van der Waals surface area contributed by atoms with Crippen molar-refractivity contribution in [3.63, 3.8) is 0 Å². The number of alkyl halides is 1. The molecule has 1 nitrogen and oxygen atoms in total. The van der Waals surface area contributed by atoms with Gasteiger partial charge in [-0.1, -0.05) is 36.6 Å². The number of Topliss-reactive ketones (excluding diaryl/α,β-unsaturated/α-hetero) is 1. The number of ketones is 1. The molecule has 0 aromatic heterocycles. The highest BCUT2D eigenvalue weighted by molar-refractivity contribution is 6.51. The van der Waals surface area contributed by atoms with E-state index in [-0.39, 0.29) is 11.7 Å². The van der Waals surface area contributed by atoms with E-state index in [0.717, 1.165) is 7.28 Å². The minimum atomic E-state index is -0.0145. The Bertz CT molecular complexity index is 268. The standard InChI is InChI=1S/C9H10BClO/c1-10-8-4-2-7(3-5-8)9(12)6-11/h2-5,10H,6H2,1H3. The number of carbonyl (C=O) groups excluding carboxylic acids is 1. The summed E-state index contributed by atoms with van der Waals surface area (Å²) in [6.07, 6.45) is 0. The van der Waals surface area contributed by atoms with Crippen molar-refractivity contribution in [1.29, 1.82) is 0 Å². The summed E-state index contributed by atoms with van der Waals surface area (Å²) in [6, 6.07) is 7.56. The zero-order valence-electron chi connectivity index (χ0n) is 7.01. The van der Waals surface area contributed by atoms with E-state index >= 15 is 0 Å². The molecule has 0 atom stereocenters. The van der Waals surface area contributed by atoms with E-state index in [1.165, 1.54) is 5.46 Å². The second-order valence-electron chi connectivity index (χ2n) is 2.61. The van der Waals surface area contributed by atoms with Gasteiger partial charge in [-0.2, -0.15) is 0 Å². The Labute approximate surface area is 78.0 Å². The van der Waals surface area contributed by atoms with Crippen molar-refractivity contribution in [2.75, 3.05) is 5.88 Å². The number of carbonyl (C=O) groups is 1. The van der Waals surface area contributed by atoms with Crippen molar-refractivity contribution in [3.05, 3.63) is 29.8 Å². The first-order chi connectivity index (χ1) is 5.77. The van der Waals surface area contributed by atoms with Crippen LogP contribution in [0.2, 0.25) is 6.82 Å². The number of halogens is 1. The van der Waals surface area contributed by atoms with Gasteiger partial charge in [-0.15, -0.1) is 11.6 Å². The van der Waals surface area contributed by atoms with Gasteiger partial charge in [0, 0.05) is 5.56 Å². The fraction of sp³-hybridized carbons (Fsp3) is 0.222. The third kappa shape index (κ3) is 2.11. The maximum Gasteiger partial charge on any atom is 0.177 e. The summed E-state index contributed by atoms with van der Waals surface area (Å²) in [4.78, 5) is 11.1. The van der Waals surface area contributed by atoms with Crippen LogP contribution in [0.4, 0.5) is 0 Å². The highest BCUT2D eigenvalue weighted by Gasteiger charge is 2.02. The van der Waals surface area contributed by atoms with Crippen molar-refractivity contribution in [1.82, 2.24) is 0 Å². The predicted octanol–water partition coefficient (Wildman–Crippen LogP) is 1.22. The summed E-state index contributed by atoms with van der Waals surface area (Å²) in [5, 5.41) is 0. The van der Waals surface area contributed by atoms with E-state index in [1.807, 2.05) is 24.3 Å². The van der Waals surface area contributed by atoms with E-state index in [4.69, 9.17) is 11.6 Å². The molecule has 0 aliphatic carbocycles. The molecule has 1 aromatic carbocycles. The molecule has 0 aliphatic rings. The molecular formula is C9H10BClO. The van der Waals surface area contributed by atoms with Crippen LogP contribution < -0.4 is 5.46 Å². The maximum atomic E-state index is 11.1. The zero-order valence-corrected chi connectivity index (χ0v) is 7.77. The minimum Gasteiger partial charge on any atom is -0.293 e. The number of rotatable bonds is 3. The van der Waals surface area contributed by atoms with Crippen molar-refractivity contribution in [3.8, 4) is 0 Å². The van der Waals surface area contributed by atoms with Crippen molar-refractivity contribution in [2.24, 2.45) is 0 Å². The number of hydrogen-bond donors (Lipinski definition) is 0. The molecule has 0 spiro atoms. The smallest absolute Gasteiger partial charge is 0.177 e. The molecule has 0 saturated heterocycles. The average molecular weight is 180 g/mol. The Kier molecular flexibility index (Phi) is 3.36. The summed E-state index contributed by atoms with van der Waals surface area (Å²) in [7, 11) is 0.995. The van der Waals surface area contributed by atoms with E-state index in [0.29, 0.717) is 5.56 Å². The molecule has 0 saturated carbocycles. The van der Waals surface area contributed by atoms with Crippen molar-refractivity contribution < 1.29 is 4.79 Å². The van der Waals surface area contributed by atoms with Crippen LogP contribution in [0.15, 0.2) is 24.3 Å². The quantitative estimate of drug-likeness (QED) is 0.388. The SMILES string of the molecule is CBc1ccc(C(=O)CCl)cc1. The molecule has 1 aromatic rings. The van der Waals surface area contributed by atoms with Gasteiger partial charge in [-0.25, -0.2) is 0 Å². The third-order valence-electron chi connectivity index (χ3n) is 1.81. The Morgan fingerprint density at radius 1 is 1.42 bits per heavy atom. The van der Waals surface area contributed by atoms with Gasteiger partial charge in [0.05, 0.1) is 5.88 Å². The van der Waals surface area contributed by atoms with Crippen LogP contribution >= 0.6 is 11.6 Å². The molecule has 1 rings (SSSR count). The normalized spacial score (nSPS) is 9.50. The fourth-order valence-electron chi connectivity index (χ4n) is 1.00. The summed E-state index contributed by atoms with van der Waals surface area (Å²) in [5.74, 6) is 0.0465. The second kappa shape index (κ2) is 4.32. The molecule has 0 fully saturated rings. The van der Waals surface area contributed by atoms with E-state index < -0.39 is 0 Å². The highest BCUT2D eigenvalue weighted by atomic mass is 35.5. The van der Waals surface area contributed by atoms with Crippen LogP contribution in [0.3, 0.4) is 0 Å². The average Bonchev–Trinajstić information content (AvgIpc) is 2.17. The molecule has 0 radical (unpaired) electrons. The lowest BCUT2D eigenvalue weighted by Gasteiger charge is -1.98. The molecule has 12 heavy (non-hydrogen) atoms. The van der Waals surface area contributed by atoms with Gasteiger partial charge in [-0.05, 0) is 0 Å². The molecule has 62 valence electrons. The Balaban J connectivity index is 2.84. The van der Waals surface area contributed by atoms with E-state index in [9.17, 15) is 4.79 Å². The zero-order chi connectivity index (χ0) is 8.97. The lowest BCUT2D eigenvalue weighted by Crippen LogP contribution is -2.11. The van der Waals surface area contributed by atoms with Crippen LogP contribution in [0, 0.1) is 0 Å². The van der Waals surface area contributed by atoms with Gasteiger partial charge < -0.3 is 0 Å². The third-order valence-corrected chi connectivity index (χ3v) is 2.05. The summed E-state index contributed by atoms with van der Waals surface area (Å²) in [5.41, 5.74) is 1.93. The van der Waals surface area contributed by atoms with E-state index in [1.54, 1.807) is 0 Å². The Morgan fingerprint density at radius 3 is 2.42 bits per heavy atom. The lowest BCUT2D eigenvalue weighted by atomic mass is 9.73. The van der Waals surface area contributed by atoms with Crippen LogP contribution in [0.5, 0.6) is 0 Å². The Hall–Kier alpha value is -0.755. The van der Waals surface area contributed by atoms with Gasteiger partial charge in [-0.3, -0.25) is 4.79 Å². The van der Waals surface area contributed by atoms with Crippen LogP contribution in [-0.4, -0.2) is 18.9 Å². The molecule has 0 heterocycles. The first-order valence-electron chi connectivity index (χ1n) is 3.96. The van der Waals surface area contributed by atoms with Crippen LogP contribution in [-0.2, 0) is 0 Å². The highest BCUT2D eigenvalue weighted by Crippen LogP contribution is 1.99. The second-order valence-corrected chi connectivity index (χ2v) is 2.87. The maximum absolute atomic E-state index is 11.1. The van der Waals surface area contributed by atoms with E-state index in [2.05, 4.69) is 6.82 Å². The van der Waals surface area contributed by atoms with Gasteiger partial charge in [0.15, 0.2) is 13.1 Å². The molecular weight excluding hydrogens is 170 g/mol. The topological polar surface area (TPSA) is 17.1 Å². The molecule has 0 unspecified atom stereocenters. The fourth-order valence-corrected chi connectivity index (χ4v) is 1.16. The molecule has 0 amide bonds. The Morgan fingerprint density at radius 2 is 2.00 bits per heavy atom. The van der Waals surface area contributed by atoms with Gasteiger partial charge in [0.1, 0.15) is 0 Å². The first kappa shape index (κ1) is 9.33. The summed E-state index contributed by atoms with van der Waals surface area (Å²) < 4.78 is 0. The van der Waals surface area contributed by atoms with Crippen LogP contribution in [0.25, 0.3) is 0 Å². The molecule has 3 heteroatoms. The lowest BCUT2D eigenvalue weighted by molar-refractivity contribution is 0.102. The van der Waals surface area contributed by atoms with Gasteiger partial charge in [0.25, 0.3) is 0 Å². The summed E-state index contributed by atoms with van der Waals surface area (Å²) in [6.45, 7) is 2.08. The van der Waals surface area contributed by atoms with Crippen molar-refractivity contribution >= 4 is 30.1 Å². The van der Waals surface area contributed by atoms with Gasteiger partial charge >= 0.3 is 0 Å². The molecule has 0 N–H and O–H groups in total. The summed E-state index contributed by atoms with van der Waals surface area (Å²) >= 11 is 5.41. The number of benzene rings is 1. The largest absolute Gasteiger partial charge is 0.293 e. The number of hydrogen-bond acceptors (Lipinski definition) is 1.